The highest BCUT2D eigenvalue weighted by Crippen LogP contribution is 2.40. The van der Waals surface area contributed by atoms with Gasteiger partial charge in [-0.2, -0.15) is 4.31 Å². The van der Waals surface area contributed by atoms with Gasteiger partial charge in [-0.3, -0.25) is 4.79 Å². The van der Waals surface area contributed by atoms with Crippen LogP contribution in [0.25, 0.3) is 10.2 Å². The Morgan fingerprint density at radius 2 is 2.00 bits per heavy atom. The van der Waals surface area contributed by atoms with Gasteiger partial charge in [-0.25, -0.2) is 18.4 Å². The zero-order valence-electron chi connectivity index (χ0n) is 20.7. The number of nitrogens with zero attached hydrogens (tertiary/aromatic N) is 3. The van der Waals surface area contributed by atoms with E-state index < -0.39 is 10.0 Å². The molecule has 3 aromatic rings. The van der Waals surface area contributed by atoms with Crippen LogP contribution < -0.4 is 5.32 Å². The second-order valence-corrected chi connectivity index (χ2v) is 13.7. The Morgan fingerprint density at radius 1 is 1.19 bits per heavy atom. The number of aryl methyl sites for hydroxylation is 1. The number of rotatable bonds is 7. The number of anilines is 1. The summed E-state index contributed by atoms with van der Waals surface area (Å²) in [5.41, 5.74) is 1.94. The molecule has 2 aliphatic rings. The minimum atomic E-state index is -3.54. The van der Waals surface area contributed by atoms with Gasteiger partial charge in [0.1, 0.15) is 16.2 Å². The number of aromatic nitrogens is 2. The highest BCUT2D eigenvalue weighted by atomic mass is 32.2. The first-order chi connectivity index (χ1) is 17.4. The van der Waals surface area contributed by atoms with Gasteiger partial charge in [0.2, 0.25) is 15.9 Å². The molecule has 1 N–H and O–H groups in total. The first-order valence-corrected chi connectivity index (χ1v) is 15.9. The minimum Gasteiger partial charge on any atom is -0.325 e. The third kappa shape index (κ3) is 5.18. The van der Waals surface area contributed by atoms with E-state index in [9.17, 15) is 13.2 Å². The second-order valence-electron chi connectivity index (χ2n) is 9.75. The van der Waals surface area contributed by atoms with Crippen LogP contribution in [0.1, 0.15) is 56.4 Å². The van der Waals surface area contributed by atoms with Crippen molar-refractivity contribution < 1.29 is 13.2 Å². The van der Waals surface area contributed by atoms with Crippen molar-refractivity contribution in [3.05, 3.63) is 41.0 Å². The van der Waals surface area contributed by atoms with E-state index in [2.05, 4.69) is 22.2 Å². The van der Waals surface area contributed by atoms with Gasteiger partial charge in [0.05, 0.1) is 10.6 Å². The van der Waals surface area contributed by atoms with Crippen molar-refractivity contribution in [1.82, 2.24) is 14.3 Å². The molecule has 3 heterocycles. The lowest BCUT2D eigenvalue weighted by molar-refractivity contribution is -0.113. The molecule has 0 spiro atoms. The molecule has 1 aliphatic carbocycles. The SMILES string of the molecule is CCC1CCCCN1S(=O)(=O)c1ccc(NC(=O)CSc2ncnc3sc4c(c23)CCC(C)C4)cc1. The van der Waals surface area contributed by atoms with Gasteiger partial charge >= 0.3 is 0 Å². The molecule has 2 unspecified atom stereocenters. The molecule has 36 heavy (non-hydrogen) atoms. The number of nitrogens with one attached hydrogen (secondary N) is 1. The molecule has 192 valence electrons. The Balaban J connectivity index is 1.24. The predicted octanol–water partition coefficient (Wildman–Crippen LogP) is 5.50. The van der Waals surface area contributed by atoms with Gasteiger partial charge in [0.25, 0.3) is 0 Å². The molecule has 1 aliphatic heterocycles. The summed E-state index contributed by atoms with van der Waals surface area (Å²) < 4.78 is 28.0. The number of sulfonamides is 1. The van der Waals surface area contributed by atoms with E-state index in [1.165, 1.54) is 28.6 Å². The average molecular weight is 545 g/mol. The number of thioether (sulfide) groups is 1. The molecule has 2 aromatic heterocycles. The molecule has 10 heteroatoms. The van der Waals surface area contributed by atoms with Crippen molar-refractivity contribution in [3.63, 3.8) is 0 Å². The quantitative estimate of drug-likeness (QED) is 0.312. The van der Waals surface area contributed by atoms with Crippen molar-refractivity contribution in [1.29, 1.82) is 0 Å². The van der Waals surface area contributed by atoms with Gasteiger partial charge in [0, 0.05) is 28.5 Å². The molecule has 0 radical (unpaired) electrons. The Morgan fingerprint density at radius 3 is 2.78 bits per heavy atom. The average Bonchev–Trinajstić information content (AvgIpc) is 3.25. The molecule has 0 bridgehead atoms. The lowest BCUT2D eigenvalue weighted by Crippen LogP contribution is -2.43. The van der Waals surface area contributed by atoms with E-state index in [4.69, 9.17) is 0 Å². The summed E-state index contributed by atoms with van der Waals surface area (Å²) in [4.78, 5) is 24.4. The first kappa shape index (κ1) is 25.6. The zero-order chi connectivity index (χ0) is 25.3. The number of hydrogen-bond acceptors (Lipinski definition) is 7. The Labute approximate surface area is 221 Å². The number of amides is 1. The second kappa shape index (κ2) is 10.8. The zero-order valence-corrected chi connectivity index (χ0v) is 23.1. The molecule has 2 atom stereocenters. The Kier molecular flexibility index (Phi) is 7.67. The summed E-state index contributed by atoms with van der Waals surface area (Å²) in [6.45, 7) is 4.89. The molecular formula is C26H32N4O3S3. The van der Waals surface area contributed by atoms with E-state index in [0.29, 0.717) is 18.2 Å². The number of carbonyl (C=O) groups excluding carboxylic acids is 1. The Hall–Kier alpha value is -2.01. The van der Waals surface area contributed by atoms with E-state index in [0.717, 1.165) is 53.8 Å². The van der Waals surface area contributed by atoms with Crippen LogP contribution in [0.15, 0.2) is 40.5 Å². The molecule has 1 aromatic carbocycles. The highest BCUT2D eigenvalue weighted by Gasteiger charge is 2.32. The summed E-state index contributed by atoms with van der Waals surface area (Å²) >= 11 is 3.18. The van der Waals surface area contributed by atoms with Crippen LogP contribution in [-0.2, 0) is 27.7 Å². The molecule has 1 amide bonds. The number of piperidine rings is 1. The maximum Gasteiger partial charge on any atom is 0.243 e. The van der Waals surface area contributed by atoms with Crippen LogP contribution in [0.5, 0.6) is 0 Å². The maximum absolute atomic E-state index is 13.2. The summed E-state index contributed by atoms with van der Waals surface area (Å²) in [6.07, 6.45) is 8.57. The fourth-order valence-corrected chi connectivity index (χ4v) is 9.24. The van der Waals surface area contributed by atoms with Crippen molar-refractivity contribution in [2.45, 2.75) is 74.8 Å². The summed E-state index contributed by atoms with van der Waals surface area (Å²) in [7, 11) is -3.54. The van der Waals surface area contributed by atoms with Crippen LogP contribution in [0.2, 0.25) is 0 Å². The maximum atomic E-state index is 13.2. The lowest BCUT2D eigenvalue weighted by Gasteiger charge is -2.34. The third-order valence-electron chi connectivity index (χ3n) is 7.19. The number of hydrogen-bond donors (Lipinski definition) is 1. The van der Waals surface area contributed by atoms with Crippen LogP contribution in [0.3, 0.4) is 0 Å². The fraction of sp³-hybridized carbons (Fsp3) is 0.500. The van der Waals surface area contributed by atoms with Crippen molar-refractivity contribution in [2.75, 3.05) is 17.6 Å². The van der Waals surface area contributed by atoms with E-state index in [1.807, 2.05) is 6.92 Å². The van der Waals surface area contributed by atoms with Crippen LogP contribution in [0.4, 0.5) is 5.69 Å². The summed E-state index contributed by atoms with van der Waals surface area (Å²) in [5, 5.41) is 4.86. The first-order valence-electron chi connectivity index (χ1n) is 12.7. The summed E-state index contributed by atoms with van der Waals surface area (Å²) in [5.74, 6) is 0.760. The van der Waals surface area contributed by atoms with Gasteiger partial charge in [-0.15, -0.1) is 11.3 Å². The number of carbonyl (C=O) groups is 1. The standard InChI is InChI=1S/C26H32N4O3S3/c1-3-19-6-4-5-13-30(19)36(32,33)20-10-8-18(9-11-20)29-23(31)15-34-25-24-21-12-7-17(2)14-22(21)35-26(24)28-16-27-25/h8-11,16-17,19H,3-7,12-15H2,1-2H3,(H,29,31). The molecule has 7 nitrogen and oxygen atoms in total. The molecule has 0 saturated carbocycles. The molecule has 5 rings (SSSR count). The molecule has 1 saturated heterocycles. The number of fused-ring (bicyclic) bond motifs is 3. The fourth-order valence-electron chi connectivity index (χ4n) is 5.23. The molecular weight excluding hydrogens is 513 g/mol. The van der Waals surface area contributed by atoms with E-state index in [-0.39, 0.29) is 22.6 Å². The van der Waals surface area contributed by atoms with Crippen LogP contribution >= 0.6 is 23.1 Å². The topological polar surface area (TPSA) is 92.3 Å². The third-order valence-corrected chi connectivity index (χ3v) is 11.3. The van der Waals surface area contributed by atoms with Gasteiger partial charge in [0.15, 0.2) is 0 Å². The van der Waals surface area contributed by atoms with Gasteiger partial charge in [-0.1, -0.05) is 32.0 Å². The smallest absolute Gasteiger partial charge is 0.243 e. The van der Waals surface area contributed by atoms with Crippen molar-refractivity contribution in [2.24, 2.45) is 5.92 Å². The minimum absolute atomic E-state index is 0.0608. The van der Waals surface area contributed by atoms with Gasteiger partial charge < -0.3 is 5.32 Å². The highest BCUT2D eigenvalue weighted by molar-refractivity contribution is 8.00. The van der Waals surface area contributed by atoms with Crippen molar-refractivity contribution >= 4 is 54.9 Å². The lowest BCUT2D eigenvalue weighted by atomic mass is 9.89. The Bertz CT molecular complexity index is 1350. The van der Waals surface area contributed by atoms with E-state index in [1.54, 1.807) is 46.2 Å². The number of thiophene rings is 1. The van der Waals surface area contributed by atoms with E-state index >= 15 is 0 Å². The summed E-state index contributed by atoms with van der Waals surface area (Å²) in [6, 6.07) is 6.57. The monoisotopic (exact) mass is 544 g/mol. The normalized spacial score (nSPS) is 20.8. The number of benzene rings is 1. The largest absolute Gasteiger partial charge is 0.325 e. The molecule has 1 fully saturated rings. The van der Waals surface area contributed by atoms with Gasteiger partial charge in [-0.05, 0) is 74.3 Å². The predicted molar refractivity (Wildman–Crippen MR) is 146 cm³/mol. The van der Waals surface area contributed by atoms with Crippen LogP contribution in [0, 0.1) is 5.92 Å². The van der Waals surface area contributed by atoms with Crippen molar-refractivity contribution in [3.8, 4) is 0 Å². The van der Waals surface area contributed by atoms with Crippen LogP contribution in [-0.4, -0.2) is 46.9 Å².